The van der Waals surface area contributed by atoms with E-state index in [2.05, 4.69) is 26.2 Å². The zero-order valence-electron chi connectivity index (χ0n) is 8.70. The summed E-state index contributed by atoms with van der Waals surface area (Å²) in [6.45, 7) is 2.03. The Bertz CT molecular complexity index is 356. The van der Waals surface area contributed by atoms with Gasteiger partial charge < -0.3 is 10.4 Å². The summed E-state index contributed by atoms with van der Waals surface area (Å²) in [7, 11) is 0. The molecule has 1 heterocycles. The van der Waals surface area contributed by atoms with Crippen molar-refractivity contribution in [2.45, 2.75) is 38.3 Å². The van der Waals surface area contributed by atoms with E-state index in [1.807, 2.05) is 13.0 Å². The second kappa shape index (κ2) is 4.49. The van der Waals surface area contributed by atoms with Gasteiger partial charge >= 0.3 is 0 Å². The Balaban J connectivity index is 2.07. The number of anilines is 1. The van der Waals surface area contributed by atoms with Crippen LogP contribution in [-0.2, 0) is 0 Å². The van der Waals surface area contributed by atoms with Crippen LogP contribution in [0.2, 0.25) is 0 Å². The van der Waals surface area contributed by atoms with Gasteiger partial charge in [0.05, 0.1) is 12.1 Å². The van der Waals surface area contributed by atoms with Gasteiger partial charge in [-0.2, -0.15) is 0 Å². The minimum Gasteiger partial charge on any atom is -0.391 e. The maximum absolute atomic E-state index is 9.67. The molecule has 1 aromatic rings. The van der Waals surface area contributed by atoms with Crippen molar-refractivity contribution in [1.29, 1.82) is 0 Å². The number of aryl methyl sites for hydroxylation is 1. The summed E-state index contributed by atoms with van der Waals surface area (Å²) in [6.07, 6.45) is 4.58. The molecule has 0 saturated heterocycles. The summed E-state index contributed by atoms with van der Waals surface area (Å²) >= 11 is 3.41. The van der Waals surface area contributed by atoms with Gasteiger partial charge in [0.1, 0.15) is 5.82 Å². The van der Waals surface area contributed by atoms with Crippen LogP contribution in [0.1, 0.15) is 24.8 Å². The minimum absolute atomic E-state index is 0.165. The van der Waals surface area contributed by atoms with Gasteiger partial charge in [0.2, 0.25) is 0 Å². The lowest BCUT2D eigenvalue weighted by atomic mass is 10.2. The molecule has 4 heteroatoms. The largest absolute Gasteiger partial charge is 0.391 e. The quantitative estimate of drug-likeness (QED) is 0.868. The zero-order valence-corrected chi connectivity index (χ0v) is 10.3. The molecule has 0 bridgehead atoms. The lowest BCUT2D eigenvalue weighted by molar-refractivity contribution is 0.171. The number of pyridine rings is 1. The molecule has 2 rings (SSSR count). The Hall–Kier alpha value is -0.610. The average Bonchev–Trinajstić information content (AvgIpc) is 2.59. The maximum atomic E-state index is 9.67. The molecule has 2 atom stereocenters. The van der Waals surface area contributed by atoms with Crippen LogP contribution >= 0.6 is 15.9 Å². The Morgan fingerprint density at radius 1 is 1.53 bits per heavy atom. The first-order chi connectivity index (χ1) is 7.16. The minimum atomic E-state index is -0.226. The number of aliphatic hydroxyl groups excluding tert-OH is 1. The molecule has 1 aliphatic rings. The smallest absolute Gasteiger partial charge is 0.126 e. The predicted octanol–water partition coefficient (Wildman–Crippen LogP) is 2.48. The van der Waals surface area contributed by atoms with Gasteiger partial charge in [0.25, 0.3) is 0 Å². The standard InChI is InChI=1S/C11H15BrN2O/c1-7-5-11(13-6-8(7)12)14-9-3-2-4-10(9)15/h5-6,9-10,15H,2-4H2,1H3,(H,13,14). The number of aromatic nitrogens is 1. The SMILES string of the molecule is Cc1cc(NC2CCCC2O)ncc1Br. The van der Waals surface area contributed by atoms with E-state index >= 15 is 0 Å². The highest BCUT2D eigenvalue weighted by molar-refractivity contribution is 9.10. The molecule has 0 amide bonds. The first-order valence-electron chi connectivity index (χ1n) is 5.23. The van der Waals surface area contributed by atoms with Gasteiger partial charge in [-0.1, -0.05) is 0 Å². The number of halogens is 1. The van der Waals surface area contributed by atoms with E-state index in [9.17, 15) is 5.11 Å². The van der Waals surface area contributed by atoms with E-state index in [1.165, 1.54) is 0 Å². The third-order valence-electron chi connectivity index (χ3n) is 2.86. The highest BCUT2D eigenvalue weighted by Crippen LogP contribution is 2.23. The second-order valence-corrected chi connectivity index (χ2v) is 4.92. The van der Waals surface area contributed by atoms with Gasteiger partial charge in [-0.15, -0.1) is 0 Å². The third-order valence-corrected chi connectivity index (χ3v) is 3.69. The molecule has 2 N–H and O–H groups in total. The number of nitrogens with zero attached hydrogens (tertiary/aromatic N) is 1. The summed E-state index contributed by atoms with van der Waals surface area (Å²) in [4.78, 5) is 4.27. The maximum Gasteiger partial charge on any atom is 0.126 e. The van der Waals surface area contributed by atoms with Crippen molar-refractivity contribution in [2.75, 3.05) is 5.32 Å². The molecule has 1 saturated carbocycles. The Kier molecular flexibility index (Phi) is 3.26. The van der Waals surface area contributed by atoms with Crippen LogP contribution < -0.4 is 5.32 Å². The molecule has 0 aromatic carbocycles. The van der Waals surface area contributed by atoms with Crippen molar-refractivity contribution in [2.24, 2.45) is 0 Å². The molecule has 2 unspecified atom stereocenters. The van der Waals surface area contributed by atoms with Crippen LogP contribution in [0.5, 0.6) is 0 Å². The summed E-state index contributed by atoms with van der Waals surface area (Å²) in [6, 6.07) is 2.16. The van der Waals surface area contributed by atoms with E-state index in [4.69, 9.17) is 0 Å². The van der Waals surface area contributed by atoms with Crippen molar-refractivity contribution in [3.63, 3.8) is 0 Å². The van der Waals surface area contributed by atoms with Crippen molar-refractivity contribution in [3.8, 4) is 0 Å². The normalized spacial score (nSPS) is 25.5. The monoisotopic (exact) mass is 270 g/mol. The van der Waals surface area contributed by atoms with Gasteiger partial charge in [0, 0.05) is 10.7 Å². The molecule has 82 valence electrons. The number of hydrogen-bond acceptors (Lipinski definition) is 3. The lowest BCUT2D eigenvalue weighted by Gasteiger charge is -2.17. The molecule has 0 spiro atoms. The summed E-state index contributed by atoms with van der Waals surface area (Å²) < 4.78 is 1.01. The van der Waals surface area contributed by atoms with Crippen LogP contribution in [0.4, 0.5) is 5.82 Å². The Morgan fingerprint density at radius 2 is 2.33 bits per heavy atom. The fourth-order valence-electron chi connectivity index (χ4n) is 1.92. The molecule has 0 radical (unpaired) electrons. The summed E-state index contributed by atoms with van der Waals surface area (Å²) in [5, 5.41) is 13.0. The molecular weight excluding hydrogens is 256 g/mol. The second-order valence-electron chi connectivity index (χ2n) is 4.07. The van der Waals surface area contributed by atoms with Crippen molar-refractivity contribution in [1.82, 2.24) is 4.98 Å². The van der Waals surface area contributed by atoms with E-state index in [-0.39, 0.29) is 12.1 Å². The molecule has 3 nitrogen and oxygen atoms in total. The molecule has 1 aliphatic carbocycles. The van der Waals surface area contributed by atoms with Crippen molar-refractivity contribution >= 4 is 21.7 Å². The number of nitrogens with one attached hydrogen (secondary N) is 1. The number of aliphatic hydroxyl groups is 1. The zero-order chi connectivity index (χ0) is 10.8. The van der Waals surface area contributed by atoms with Crippen LogP contribution in [0.25, 0.3) is 0 Å². The van der Waals surface area contributed by atoms with Crippen LogP contribution in [0.3, 0.4) is 0 Å². The van der Waals surface area contributed by atoms with Gasteiger partial charge in [-0.05, 0) is 53.7 Å². The first-order valence-corrected chi connectivity index (χ1v) is 6.03. The average molecular weight is 271 g/mol. The van der Waals surface area contributed by atoms with E-state index in [0.717, 1.165) is 35.1 Å². The van der Waals surface area contributed by atoms with E-state index in [0.29, 0.717) is 0 Å². The number of rotatable bonds is 2. The first kappa shape index (κ1) is 10.9. The number of hydrogen-bond donors (Lipinski definition) is 2. The Labute approximate surface area is 98.0 Å². The molecule has 1 fully saturated rings. The molecular formula is C11H15BrN2O. The predicted molar refractivity (Wildman–Crippen MR) is 63.9 cm³/mol. The van der Waals surface area contributed by atoms with E-state index in [1.54, 1.807) is 6.20 Å². The van der Waals surface area contributed by atoms with Crippen molar-refractivity contribution < 1.29 is 5.11 Å². The molecule has 0 aliphatic heterocycles. The molecule has 15 heavy (non-hydrogen) atoms. The topological polar surface area (TPSA) is 45.1 Å². The third kappa shape index (κ3) is 2.49. The van der Waals surface area contributed by atoms with E-state index < -0.39 is 0 Å². The highest BCUT2D eigenvalue weighted by Gasteiger charge is 2.25. The fraction of sp³-hybridized carbons (Fsp3) is 0.545. The summed E-state index contributed by atoms with van der Waals surface area (Å²) in [5.74, 6) is 0.849. The van der Waals surface area contributed by atoms with Gasteiger partial charge in [-0.3, -0.25) is 0 Å². The fourth-order valence-corrected chi connectivity index (χ4v) is 2.13. The lowest BCUT2D eigenvalue weighted by Crippen LogP contribution is -2.28. The molecule has 1 aromatic heterocycles. The highest BCUT2D eigenvalue weighted by atomic mass is 79.9. The van der Waals surface area contributed by atoms with Crippen LogP contribution in [-0.4, -0.2) is 22.2 Å². The summed E-state index contributed by atoms with van der Waals surface area (Å²) in [5.41, 5.74) is 1.15. The Morgan fingerprint density at radius 3 is 2.93 bits per heavy atom. The van der Waals surface area contributed by atoms with Crippen molar-refractivity contribution in [3.05, 3.63) is 22.3 Å². The van der Waals surface area contributed by atoms with Crippen LogP contribution in [0.15, 0.2) is 16.7 Å². The van der Waals surface area contributed by atoms with Gasteiger partial charge in [-0.25, -0.2) is 4.98 Å². The van der Waals surface area contributed by atoms with Crippen LogP contribution in [0, 0.1) is 6.92 Å². The van der Waals surface area contributed by atoms with Gasteiger partial charge in [0.15, 0.2) is 0 Å².